The fourth-order valence-corrected chi connectivity index (χ4v) is 4.35. The number of carbonyl (C=O) groups is 2. The normalized spacial score (nSPS) is 17.3. The molecule has 3 aromatic rings. The molecule has 7 nitrogen and oxygen atoms in total. The summed E-state index contributed by atoms with van der Waals surface area (Å²) in [4.78, 5) is 31.1. The smallest absolute Gasteiger partial charge is 0.261 e. The van der Waals surface area contributed by atoms with Crippen LogP contribution in [0.3, 0.4) is 0 Å². The summed E-state index contributed by atoms with van der Waals surface area (Å²) in [6.07, 6.45) is 0. The number of aromatic amines is 1. The lowest BCUT2D eigenvalue weighted by Gasteiger charge is -2.35. The molecular weight excluding hydrogens is 385 g/mol. The van der Waals surface area contributed by atoms with Crippen LogP contribution in [-0.2, 0) is 0 Å². The largest absolute Gasteiger partial charge is 0.352 e. The van der Waals surface area contributed by atoms with Gasteiger partial charge in [0, 0.05) is 44.7 Å². The van der Waals surface area contributed by atoms with Crippen LogP contribution < -0.4 is 4.90 Å². The second-order valence-electron chi connectivity index (χ2n) is 7.83. The number of halogens is 1. The standard InChI is InChI=1S/C22H22FN5O2/c1-14-3-2-4-17-19(14)22(30)28(21(17)29)12-9-26-7-10-27(11-8-26)20-16-6-5-15(23)13-18(16)24-25-20/h2-6,13H,7-12H2,1H3,(H,24,25). The van der Waals surface area contributed by atoms with Crippen molar-refractivity contribution in [3.63, 3.8) is 0 Å². The third-order valence-electron chi connectivity index (χ3n) is 6.02. The number of nitrogens with zero attached hydrogens (tertiary/aromatic N) is 4. The summed E-state index contributed by atoms with van der Waals surface area (Å²) in [6, 6.07) is 10.0. The molecule has 1 saturated heterocycles. The molecule has 0 radical (unpaired) electrons. The topological polar surface area (TPSA) is 72.5 Å². The highest BCUT2D eigenvalue weighted by molar-refractivity contribution is 6.22. The summed E-state index contributed by atoms with van der Waals surface area (Å²) in [7, 11) is 0. The Morgan fingerprint density at radius 1 is 1.03 bits per heavy atom. The molecule has 5 rings (SSSR count). The Kier molecular flexibility index (Phi) is 4.51. The summed E-state index contributed by atoms with van der Waals surface area (Å²) < 4.78 is 13.4. The summed E-state index contributed by atoms with van der Waals surface area (Å²) in [6.45, 7) is 6.05. The van der Waals surface area contributed by atoms with Gasteiger partial charge in [0.15, 0.2) is 5.82 Å². The van der Waals surface area contributed by atoms with Gasteiger partial charge >= 0.3 is 0 Å². The predicted molar refractivity (Wildman–Crippen MR) is 111 cm³/mol. The second-order valence-corrected chi connectivity index (χ2v) is 7.83. The maximum Gasteiger partial charge on any atom is 0.261 e. The molecular formula is C22H22FN5O2. The van der Waals surface area contributed by atoms with Crippen LogP contribution in [0.4, 0.5) is 10.2 Å². The van der Waals surface area contributed by atoms with E-state index in [1.54, 1.807) is 12.1 Å². The van der Waals surface area contributed by atoms with Crippen LogP contribution in [0.2, 0.25) is 0 Å². The number of aryl methyl sites for hydroxylation is 1. The second kappa shape index (κ2) is 7.21. The lowest BCUT2D eigenvalue weighted by Crippen LogP contribution is -2.49. The summed E-state index contributed by atoms with van der Waals surface area (Å²) in [5.74, 6) is 0.154. The van der Waals surface area contributed by atoms with Gasteiger partial charge in [-0.3, -0.25) is 24.5 Å². The first-order chi connectivity index (χ1) is 14.5. The number of hydrogen-bond acceptors (Lipinski definition) is 5. The quantitative estimate of drug-likeness (QED) is 0.673. The highest BCUT2D eigenvalue weighted by Crippen LogP contribution is 2.27. The van der Waals surface area contributed by atoms with Crippen molar-refractivity contribution in [3.05, 3.63) is 58.9 Å². The van der Waals surface area contributed by atoms with Gasteiger partial charge in [-0.1, -0.05) is 12.1 Å². The van der Waals surface area contributed by atoms with Gasteiger partial charge in [0.1, 0.15) is 5.82 Å². The van der Waals surface area contributed by atoms with Gasteiger partial charge in [0.2, 0.25) is 0 Å². The van der Waals surface area contributed by atoms with E-state index < -0.39 is 0 Å². The summed E-state index contributed by atoms with van der Waals surface area (Å²) in [5.41, 5.74) is 2.57. The number of rotatable bonds is 4. The zero-order valence-electron chi connectivity index (χ0n) is 16.7. The molecule has 8 heteroatoms. The van der Waals surface area contributed by atoms with Gasteiger partial charge < -0.3 is 4.90 Å². The predicted octanol–water partition coefficient (Wildman–Crippen LogP) is 2.43. The lowest BCUT2D eigenvalue weighted by molar-refractivity contribution is 0.0634. The Morgan fingerprint density at radius 3 is 2.60 bits per heavy atom. The van der Waals surface area contributed by atoms with Crippen LogP contribution >= 0.6 is 0 Å². The molecule has 0 atom stereocenters. The highest BCUT2D eigenvalue weighted by Gasteiger charge is 2.36. The Bertz CT molecular complexity index is 1150. The number of piperazine rings is 1. The minimum atomic E-state index is -0.286. The maximum atomic E-state index is 13.4. The van der Waals surface area contributed by atoms with Crippen molar-refractivity contribution in [2.75, 3.05) is 44.2 Å². The van der Waals surface area contributed by atoms with E-state index in [2.05, 4.69) is 20.0 Å². The number of hydrogen-bond donors (Lipinski definition) is 1. The Labute approximate surface area is 173 Å². The highest BCUT2D eigenvalue weighted by atomic mass is 19.1. The molecule has 0 aliphatic carbocycles. The fraction of sp³-hybridized carbons (Fsp3) is 0.318. The van der Waals surface area contributed by atoms with Crippen molar-refractivity contribution in [1.29, 1.82) is 0 Å². The van der Waals surface area contributed by atoms with Crippen molar-refractivity contribution in [2.24, 2.45) is 0 Å². The Hall–Kier alpha value is -3.26. The monoisotopic (exact) mass is 407 g/mol. The molecule has 2 amide bonds. The Balaban J connectivity index is 1.21. The maximum absolute atomic E-state index is 13.4. The van der Waals surface area contributed by atoms with Crippen LogP contribution in [0.1, 0.15) is 26.3 Å². The lowest BCUT2D eigenvalue weighted by atomic mass is 10.0. The number of anilines is 1. The van der Waals surface area contributed by atoms with Gasteiger partial charge in [-0.2, -0.15) is 5.10 Å². The van der Waals surface area contributed by atoms with Gasteiger partial charge in [-0.05, 0) is 36.8 Å². The van der Waals surface area contributed by atoms with Gasteiger partial charge in [-0.25, -0.2) is 4.39 Å². The van der Waals surface area contributed by atoms with E-state index in [0.29, 0.717) is 29.7 Å². The number of H-pyrrole nitrogens is 1. The summed E-state index contributed by atoms with van der Waals surface area (Å²) >= 11 is 0. The van der Waals surface area contributed by atoms with Gasteiger partial charge in [0.25, 0.3) is 11.8 Å². The van der Waals surface area contributed by atoms with Crippen molar-refractivity contribution < 1.29 is 14.0 Å². The van der Waals surface area contributed by atoms with E-state index in [-0.39, 0.29) is 17.6 Å². The first kappa shape index (κ1) is 18.7. The van der Waals surface area contributed by atoms with Crippen LogP contribution in [0.15, 0.2) is 36.4 Å². The molecule has 154 valence electrons. The number of carbonyl (C=O) groups excluding carboxylic acids is 2. The molecule has 30 heavy (non-hydrogen) atoms. The van der Waals surface area contributed by atoms with Crippen molar-refractivity contribution in [1.82, 2.24) is 20.0 Å². The van der Waals surface area contributed by atoms with Crippen LogP contribution in [0, 0.1) is 12.7 Å². The molecule has 2 aliphatic heterocycles. The number of imide groups is 1. The van der Waals surface area contributed by atoms with Gasteiger partial charge in [0.05, 0.1) is 16.6 Å². The molecule has 0 spiro atoms. The zero-order valence-corrected chi connectivity index (χ0v) is 16.7. The Morgan fingerprint density at radius 2 is 1.83 bits per heavy atom. The zero-order chi connectivity index (χ0) is 20.8. The SMILES string of the molecule is Cc1cccc2c1C(=O)N(CCN1CCN(c3n[nH]c4cc(F)ccc34)CC1)C2=O. The molecule has 1 aromatic heterocycles. The van der Waals surface area contributed by atoms with Crippen molar-refractivity contribution in [3.8, 4) is 0 Å². The first-order valence-electron chi connectivity index (χ1n) is 10.1. The van der Waals surface area contributed by atoms with Crippen LogP contribution in [-0.4, -0.2) is 71.1 Å². The van der Waals surface area contributed by atoms with E-state index in [4.69, 9.17) is 0 Å². The van der Waals surface area contributed by atoms with E-state index >= 15 is 0 Å². The third-order valence-corrected chi connectivity index (χ3v) is 6.02. The number of benzene rings is 2. The minimum absolute atomic E-state index is 0.193. The molecule has 1 fully saturated rings. The molecule has 0 saturated carbocycles. The number of amides is 2. The first-order valence-corrected chi connectivity index (χ1v) is 10.1. The fourth-order valence-electron chi connectivity index (χ4n) is 4.35. The average Bonchev–Trinajstić information content (AvgIpc) is 3.26. The number of fused-ring (bicyclic) bond motifs is 2. The third kappa shape index (κ3) is 3.04. The van der Waals surface area contributed by atoms with E-state index in [1.165, 1.54) is 17.0 Å². The summed E-state index contributed by atoms with van der Waals surface area (Å²) in [5, 5.41) is 8.17. The number of aromatic nitrogens is 2. The van der Waals surface area contributed by atoms with E-state index in [9.17, 15) is 14.0 Å². The molecule has 3 heterocycles. The molecule has 0 unspecified atom stereocenters. The van der Waals surface area contributed by atoms with Crippen molar-refractivity contribution in [2.45, 2.75) is 6.92 Å². The molecule has 2 aromatic carbocycles. The van der Waals surface area contributed by atoms with Gasteiger partial charge in [-0.15, -0.1) is 0 Å². The number of nitrogens with one attached hydrogen (secondary N) is 1. The van der Waals surface area contributed by atoms with E-state index in [1.807, 2.05) is 19.1 Å². The van der Waals surface area contributed by atoms with E-state index in [0.717, 1.165) is 42.9 Å². The van der Waals surface area contributed by atoms with Crippen LogP contribution in [0.25, 0.3) is 10.9 Å². The molecule has 1 N–H and O–H groups in total. The minimum Gasteiger partial charge on any atom is -0.352 e. The average molecular weight is 407 g/mol. The van der Waals surface area contributed by atoms with Crippen LogP contribution in [0.5, 0.6) is 0 Å². The van der Waals surface area contributed by atoms with Crippen molar-refractivity contribution >= 4 is 28.5 Å². The molecule has 2 aliphatic rings. The molecule has 0 bridgehead atoms.